The van der Waals surface area contributed by atoms with Gasteiger partial charge in [0.05, 0.1) is 5.56 Å². The molecule has 0 saturated carbocycles. The van der Waals surface area contributed by atoms with Crippen LogP contribution in [0.2, 0.25) is 0 Å². The number of carbonyl (C=O) groups is 2. The number of carboxylic acid groups (broad SMARTS) is 1. The second-order valence-electron chi connectivity index (χ2n) is 5.17. The van der Waals surface area contributed by atoms with Gasteiger partial charge in [-0.25, -0.2) is 4.79 Å². The van der Waals surface area contributed by atoms with Crippen molar-refractivity contribution in [3.05, 3.63) is 29.8 Å². The highest BCUT2D eigenvalue weighted by Crippen LogP contribution is 2.33. The summed E-state index contributed by atoms with van der Waals surface area (Å²) in [4.78, 5) is 24.1. The van der Waals surface area contributed by atoms with Gasteiger partial charge in [0.2, 0.25) is 0 Å². The number of nitrogens with zero attached hydrogens (tertiary/aromatic N) is 1. The molecule has 1 atom stereocenters. The molecule has 0 radical (unpaired) electrons. The van der Waals surface area contributed by atoms with Gasteiger partial charge in [-0.15, -0.1) is 0 Å². The van der Waals surface area contributed by atoms with Gasteiger partial charge in [0.15, 0.2) is 0 Å². The Bertz CT molecular complexity index is 492. The summed E-state index contributed by atoms with van der Waals surface area (Å²) in [5.41, 5.74) is 0.280. The molecule has 1 heterocycles. The maximum Gasteiger partial charge on any atom is 0.335 e. The molecule has 1 aliphatic heterocycles. The Labute approximate surface area is 105 Å². The Kier molecular flexibility index (Phi) is 2.86. The largest absolute Gasteiger partial charge is 0.478 e. The molecule has 18 heavy (non-hydrogen) atoms. The van der Waals surface area contributed by atoms with Crippen molar-refractivity contribution in [1.82, 2.24) is 0 Å². The highest BCUT2D eigenvalue weighted by molar-refractivity contribution is 6.00. The van der Waals surface area contributed by atoms with Gasteiger partial charge in [-0.3, -0.25) is 4.79 Å². The minimum absolute atomic E-state index is 0.171. The van der Waals surface area contributed by atoms with Crippen LogP contribution in [0.5, 0.6) is 0 Å². The van der Waals surface area contributed by atoms with Crippen LogP contribution >= 0.6 is 0 Å². The van der Waals surface area contributed by atoms with Gasteiger partial charge in [0.1, 0.15) is 6.10 Å². The van der Waals surface area contributed by atoms with Gasteiger partial charge in [-0.05, 0) is 24.3 Å². The van der Waals surface area contributed by atoms with E-state index in [0.717, 1.165) is 0 Å². The molecule has 1 saturated heterocycles. The van der Waals surface area contributed by atoms with Gasteiger partial charge in [0, 0.05) is 17.6 Å². The number of hydrogen-bond donors (Lipinski definition) is 2. The summed E-state index contributed by atoms with van der Waals surface area (Å²) in [5, 5.41) is 18.6. The van der Waals surface area contributed by atoms with Crippen molar-refractivity contribution < 1.29 is 19.8 Å². The van der Waals surface area contributed by atoms with Crippen LogP contribution in [0, 0.1) is 5.41 Å². The molecule has 5 heteroatoms. The first-order chi connectivity index (χ1) is 8.33. The van der Waals surface area contributed by atoms with Crippen molar-refractivity contribution in [3.63, 3.8) is 0 Å². The second-order valence-corrected chi connectivity index (χ2v) is 5.17. The summed E-state index contributed by atoms with van der Waals surface area (Å²) in [6.07, 6.45) is -1.02. The zero-order valence-corrected chi connectivity index (χ0v) is 10.3. The van der Waals surface area contributed by atoms with E-state index in [1.807, 2.05) is 13.8 Å². The number of aliphatic hydroxyl groups excluding tert-OH is 1. The van der Waals surface area contributed by atoms with Gasteiger partial charge in [0.25, 0.3) is 5.91 Å². The Balaban J connectivity index is 2.28. The van der Waals surface area contributed by atoms with Crippen LogP contribution < -0.4 is 4.90 Å². The number of aromatic carboxylic acids is 1. The fourth-order valence-corrected chi connectivity index (χ4v) is 2.06. The monoisotopic (exact) mass is 249 g/mol. The zero-order chi connectivity index (χ0) is 13.5. The molecular weight excluding hydrogens is 234 g/mol. The minimum atomic E-state index is -1.02. The zero-order valence-electron chi connectivity index (χ0n) is 10.3. The van der Waals surface area contributed by atoms with Crippen molar-refractivity contribution >= 4 is 17.6 Å². The molecule has 2 N–H and O–H groups in total. The summed E-state index contributed by atoms with van der Waals surface area (Å²) >= 11 is 0. The highest BCUT2D eigenvalue weighted by atomic mass is 16.4. The van der Waals surface area contributed by atoms with E-state index in [0.29, 0.717) is 12.2 Å². The topological polar surface area (TPSA) is 77.8 Å². The average Bonchev–Trinajstić information content (AvgIpc) is 2.53. The van der Waals surface area contributed by atoms with Gasteiger partial charge < -0.3 is 15.1 Å². The first-order valence-corrected chi connectivity index (χ1v) is 5.66. The lowest BCUT2D eigenvalue weighted by Gasteiger charge is -2.20. The van der Waals surface area contributed by atoms with Crippen LogP contribution in [-0.4, -0.2) is 34.7 Å². The summed E-state index contributed by atoms with van der Waals surface area (Å²) in [6.45, 7) is 4.06. The molecule has 0 aliphatic carbocycles. The van der Waals surface area contributed by atoms with Gasteiger partial charge in [-0.2, -0.15) is 0 Å². The van der Waals surface area contributed by atoms with E-state index >= 15 is 0 Å². The maximum absolute atomic E-state index is 11.9. The van der Waals surface area contributed by atoms with Crippen LogP contribution in [0.4, 0.5) is 5.69 Å². The number of anilines is 1. The van der Waals surface area contributed by atoms with E-state index < -0.39 is 17.5 Å². The first kappa shape index (κ1) is 12.6. The molecule has 96 valence electrons. The van der Waals surface area contributed by atoms with E-state index in [2.05, 4.69) is 0 Å². The van der Waals surface area contributed by atoms with E-state index in [1.54, 1.807) is 12.1 Å². The van der Waals surface area contributed by atoms with Crippen molar-refractivity contribution in [2.45, 2.75) is 20.0 Å². The molecule has 1 aliphatic rings. The van der Waals surface area contributed by atoms with Crippen LogP contribution in [0.3, 0.4) is 0 Å². The third kappa shape index (κ3) is 1.97. The van der Waals surface area contributed by atoms with E-state index in [4.69, 9.17) is 5.11 Å². The number of carboxylic acids is 1. The lowest BCUT2D eigenvalue weighted by Crippen LogP contribution is -2.30. The Morgan fingerprint density at radius 3 is 2.28 bits per heavy atom. The number of amides is 1. The normalized spacial score (nSPS) is 22.3. The summed E-state index contributed by atoms with van der Waals surface area (Å²) in [7, 11) is 0. The predicted molar refractivity (Wildman–Crippen MR) is 65.5 cm³/mol. The minimum Gasteiger partial charge on any atom is -0.478 e. The second kappa shape index (κ2) is 4.10. The number of rotatable bonds is 2. The fraction of sp³-hybridized carbons (Fsp3) is 0.385. The fourth-order valence-electron chi connectivity index (χ4n) is 2.06. The number of carbonyl (C=O) groups excluding carboxylic acids is 1. The highest BCUT2D eigenvalue weighted by Gasteiger charge is 2.45. The third-order valence-corrected chi connectivity index (χ3v) is 3.23. The number of benzene rings is 1. The smallest absolute Gasteiger partial charge is 0.335 e. The number of hydrogen-bond acceptors (Lipinski definition) is 3. The molecule has 1 aromatic rings. The van der Waals surface area contributed by atoms with Crippen molar-refractivity contribution in [1.29, 1.82) is 0 Å². The molecule has 1 aromatic carbocycles. The molecule has 2 rings (SSSR count). The quantitative estimate of drug-likeness (QED) is 0.823. The van der Waals surface area contributed by atoms with Crippen LogP contribution in [0.1, 0.15) is 24.2 Å². The standard InChI is InChI=1S/C13H15NO4/c1-13(2)7-14(11(16)10(13)15)9-5-3-8(4-6-9)12(17)18/h3-6,10,15H,7H2,1-2H3,(H,17,18)/t10-/m0/s1. The molecular formula is C13H15NO4. The Morgan fingerprint density at radius 1 is 1.33 bits per heavy atom. The summed E-state index contributed by atoms with van der Waals surface area (Å²) < 4.78 is 0. The Morgan fingerprint density at radius 2 is 1.89 bits per heavy atom. The van der Waals surface area contributed by atoms with Crippen molar-refractivity contribution in [2.24, 2.45) is 5.41 Å². The van der Waals surface area contributed by atoms with Crippen molar-refractivity contribution in [3.8, 4) is 0 Å². The summed E-state index contributed by atoms with van der Waals surface area (Å²) in [6, 6.07) is 6.05. The van der Waals surface area contributed by atoms with E-state index in [9.17, 15) is 14.7 Å². The van der Waals surface area contributed by atoms with Gasteiger partial charge >= 0.3 is 5.97 Å². The SMILES string of the molecule is CC1(C)CN(c2ccc(C(=O)O)cc2)C(=O)[C@@H]1O. The van der Waals surface area contributed by atoms with Crippen LogP contribution in [0.25, 0.3) is 0 Å². The van der Waals surface area contributed by atoms with Crippen LogP contribution in [0.15, 0.2) is 24.3 Å². The summed E-state index contributed by atoms with van der Waals surface area (Å²) in [5.74, 6) is -1.35. The molecule has 0 bridgehead atoms. The third-order valence-electron chi connectivity index (χ3n) is 3.23. The average molecular weight is 249 g/mol. The lowest BCUT2D eigenvalue weighted by molar-refractivity contribution is -0.126. The van der Waals surface area contributed by atoms with E-state index in [-0.39, 0.29) is 11.5 Å². The lowest BCUT2D eigenvalue weighted by atomic mass is 9.90. The first-order valence-electron chi connectivity index (χ1n) is 5.66. The number of aliphatic hydroxyl groups is 1. The molecule has 0 unspecified atom stereocenters. The molecule has 0 spiro atoms. The van der Waals surface area contributed by atoms with Crippen molar-refractivity contribution in [2.75, 3.05) is 11.4 Å². The molecule has 0 aromatic heterocycles. The van der Waals surface area contributed by atoms with Crippen LogP contribution in [-0.2, 0) is 4.79 Å². The molecule has 1 fully saturated rings. The predicted octanol–water partition coefficient (Wildman–Crippen LogP) is 1.12. The molecule has 1 amide bonds. The van der Waals surface area contributed by atoms with E-state index in [1.165, 1.54) is 17.0 Å². The molecule has 5 nitrogen and oxygen atoms in total. The Hall–Kier alpha value is -1.88. The maximum atomic E-state index is 11.9. The van der Waals surface area contributed by atoms with Gasteiger partial charge in [-0.1, -0.05) is 13.8 Å².